The van der Waals surface area contributed by atoms with Crippen molar-refractivity contribution in [2.45, 2.75) is 25.2 Å². The number of carbonyl (C=O) groups is 1. The number of Topliss-reactive ketones (excluding diaryl/α,β-unsaturated/α-hetero) is 1. The lowest BCUT2D eigenvalue weighted by molar-refractivity contribution is 0.0991. The fraction of sp³-hybridized carbons (Fsp3) is 0.333. The number of hydrogen-bond acceptors (Lipinski definition) is 7. The molecule has 1 aliphatic rings. The highest BCUT2D eigenvalue weighted by Crippen LogP contribution is 2.27. The van der Waals surface area contributed by atoms with E-state index in [-0.39, 0.29) is 12.2 Å². The first-order valence-electron chi connectivity index (χ1n) is 10.9. The van der Waals surface area contributed by atoms with Crippen molar-refractivity contribution in [3.05, 3.63) is 65.9 Å². The zero-order valence-electron chi connectivity index (χ0n) is 18.3. The Kier molecular flexibility index (Phi) is 5.45. The predicted molar refractivity (Wildman–Crippen MR) is 121 cm³/mol. The zero-order valence-corrected chi connectivity index (χ0v) is 18.3. The van der Waals surface area contributed by atoms with Crippen LogP contribution in [-0.2, 0) is 13.5 Å². The van der Waals surface area contributed by atoms with Gasteiger partial charge < -0.3 is 4.90 Å². The van der Waals surface area contributed by atoms with E-state index in [2.05, 4.69) is 32.2 Å². The van der Waals surface area contributed by atoms with Crippen LogP contribution < -0.4 is 0 Å². The van der Waals surface area contributed by atoms with Gasteiger partial charge in [-0.3, -0.25) is 19.4 Å². The second-order valence-electron chi connectivity index (χ2n) is 8.49. The van der Waals surface area contributed by atoms with E-state index in [1.807, 2.05) is 37.5 Å². The van der Waals surface area contributed by atoms with Gasteiger partial charge in [0.2, 0.25) is 0 Å². The maximum atomic E-state index is 13.0. The highest BCUT2D eigenvalue weighted by Gasteiger charge is 2.20. The molecule has 1 aliphatic heterocycles. The van der Waals surface area contributed by atoms with E-state index < -0.39 is 0 Å². The van der Waals surface area contributed by atoms with Gasteiger partial charge in [0.25, 0.3) is 0 Å². The summed E-state index contributed by atoms with van der Waals surface area (Å²) in [5.74, 6) is 0.458. The van der Waals surface area contributed by atoms with E-state index in [4.69, 9.17) is 4.98 Å². The van der Waals surface area contributed by atoms with Crippen molar-refractivity contribution in [3.8, 4) is 11.4 Å². The quantitative estimate of drug-likeness (QED) is 0.452. The fourth-order valence-electron chi connectivity index (χ4n) is 4.18. The standard InChI is InChI=1S/C24H25N7O/c1-30-9-6-16(7-10-30)21-11-17(5-8-25-21)24(32)13-19-12-22-18(14-26-19)3-4-20(27-22)23-15-31(2)29-28-23/h3-5,8,11-12,14-16H,6-7,9-10,13H2,1-2H3. The molecule has 0 N–H and O–H groups in total. The molecule has 4 aromatic heterocycles. The summed E-state index contributed by atoms with van der Waals surface area (Å²) in [6.45, 7) is 2.13. The number of ketones is 1. The normalized spacial score (nSPS) is 15.3. The average Bonchev–Trinajstić information content (AvgIpc) is 3.25. The molecule has 4 aromatic rings. The third kappa shape index (κ3) is 4.27. The minimum absolute atomic E-state index is 0.0403. The van der Waals surface area contributed by atoms with Crippen LogP contribution in [0, 0.1) is 0 Å². The first kappa shape index (κ1) is 20.4. The van der Waals surface area contributed by atoms with Gasteiger partial charge in [-0.05, 0) is 63.3 Å². The molecule has 5 rings (SSSR count). The monoisotopic (exact) mass is 427 g/mol. The van der Waals surface area contributed by atoms with Gasteiger partial charge in [-0.2, -0.15) is 0 Å². The average molecular weight is 428 g/mol. The van der Waals surface area contributed by atoms with Crippen LogP contribution in [0.1, 0.15) is 40.5 Å². The summed E-state index contributed by atoms with van der Waals surface area (Å²) in [4.78, 5) is 29.1. The second-order valence-corrected chi connectivity index (χ2v) is 8.49. The Morgan fingerprint density at radius 2 is 1.91 bits per heavy atom. The van der Waals surface area contributed by atoms with Crippen LogP contribution in [0.5, 0.6) is 0 Å². The molecule has 162 valence electrons. The highest BCUT2D eigenvalue weighted by atomic mass is 16.1. The van der Waals surface area contributed by atoms with Crippen LogP contribution in [0.3, 0.4) is 0 Å². The second kappa shape index (κ2) is 8.55. The topological polar surface area (TPSA) is 89.7 Å². The number of rotatable bonds is 5. The van der Waals surface area contributed by atoms with Gasteiger partial charge in [-0.1, -0.05) is 5.21 Å². The Balaban J connectivity index is 1.36. The lowest BCUT2D eigenvalue weighted by Gasteiger charge is -2.28. The third-order valence-corrected chi connectivity index (χ3v) is 6.08. The summed E-state index contributed by atoms with van der Waals surface area (Å²) < 4.78 is 1.65. The molecule has 0 atom stereocenters. The molecule has 32 heavy (non-hydrogen) atoms. The molecule has 1 saturated heterocycles. The third-order valence-electron chi connectivity index (χ3n) is 6.08. The van der Waals surface area contributed by atoms with Gasteiger partial charge in [0, 0.05) is 42.0 Å². The predicted octanol–water partition coefficient (Wildman–Crippen LogP) is 3.05. The van der Waals surface area contributed by atoms with Crippen LogP contribution >= 0.6 is 0 Å². The van der Waals surface area contributed by atoms with Crippen LogP contribution in [0.25, 0.3) is 22.3 Å². The van der Waals surface area contributed by atoms with Gasteiger partial charge in [0.15, 0.2) is 5.78 Å². The van der Waals surface area contributed by atoms with E-state index in [0.717, 1.165) is 48.2 Å². The maximum Gasteiger partial charge on any atom is 0.168 e. The van der Waals surface area contributed by atoms with Crippen molar-refractivity contribution in [2.75, 3.05) is 20.1 Å². The smallest absolute Gasteiger partial charge is 0.168 e. The van der Waals surface area contributed by atoms with Crippen LogP contribution in [0.4, 0.5) is 0 Å². The summed E-state index contributed by atoms with van der Waals surface area (Å²) >= 11 is 0. The maximum absolute atomic E-state index is 13.0. The molecule has 0 aromatic carbocycles. The summed E-state index contributed by atoms with van der Waals surface area (Å²) in [6, 6.07) is 9.50. The summed E-state index contributed by atoms with van der Waals surface area (Å²) in [6.07, 6.45) is 7.72. The number of piperidine rings is 1. The Bertz CT molecular complexity index is 1270. The van der Waals surface area contributed by atoms with Gasteiger partial charge in [0.05, 0.1) is 29.5 Å². The number of hydrogen-bond donors (Lipinski definition) is 0. The van der Waals surface area contributed by atoms with Crippen molar-refractivity contribution in [1.29, 1.82) is 0 Å². The Morgan fingerprint density at radius 3 is 2.69 bits per heavy atom. The number of pyridine rings is 3. The number of likely N-dealkylation sites (tertiary alicyclic amines) is 1. The first-order chi connectivity index (χ1) is 15.5. The number of carbonyl (C=O) groups excluding carboxylic acids is 1. The Labute approximate surface area is 186 Å². The zero-order chi connectivity index (χ0) is 22.1. The number of aromatic nitrogens is 6. The van der Waals surface area contributed by atoms with E-state index in [0.29, 0.717) is 22.9 Å². The molecule has 0 aliphatic carbocycles. The van der Waals surface area contributed by atoms with Crippen molar-refractivity contribution >= 4 is 16.7 Å². The van der Waals surface area contributed by atoms with E-state index in [1.54, 1.807) is 23.1 Å². The van der Waals surface area contributed by atoms with Gasteiger partial charge in [-0.25, -0.2) is 4.98 Å². The lowest BCUT2D eigenvalue weighted by atomic mass is 9.92. The molecule has 0 unspecified atom stereocenters. The van der Waals surface area contributed by atoms with Crippen molar-refractivity contribution in [3.63, 3.8) is 0 Å². The molecular weight excluding hydrogens is 402 g/mol. The largest absolute Gasteiger partial charge is 0.306 e. The van der Waals surface area contributed by atoms with E-state index in [1.165, 1.54) is 0 Å². The molecule has 1 fully saturated rings. The van der Waals surface area contributed by atoms with Gasteiger partial charge >= 0.3 is 0 Å². The number of aryl methyl sites for hydroxylation is 1. The highest BCUT2D eigenvalue weighted by molar-refractivity contribution is 5.97. The van der Waals surface area contributed by atoms with Crippen molar-refractivity contribution in [1.82, 2.24) is 34.8 Å². The minimum atomic E-state index is 0.0403. The first-order valence-corrected chi connectivity index (χ1v) is 10.9. The van der Waals surface area contributed by atoms with Crippen molar-refractivity contribution in [2.24, 2.45) is 7.05 Å². The molecule has 5 heterocycles. The number of fused-ring (bicyclic) bond motifs is 1. The van der Waals surface area contributed by atoms with Crippen molar-refractivity contribution < 1.29 is 4.79 Å². The molecule has 8 heteroatoms. The van der Waals surface area contributed by atoms with Gasteiger partial charge in [-0.15, -0.1) is 5.10 Å². The Hall–Kier alpha value is -3.52. The number of nitrogens with zero attached hydrogens (tertiary/aromatic N) is 7. The molecule has 8 nitrogen and oxygen atoms in total. The van der Waals surface area contributed by atoms with Crippen LogP contribution in [-0.4, -0.2) is 60.8 Å². The lowest BCUT2D eigenvalue weighted by Crippen LogP contribution is -2.29. The molecule has 0 radical (unpaired) electrons. The summed E-state index contributed by atoms with van der Waals surface area (Å²) in [5.41, 5.74) is 4.65. The summed E-state index contributed by atoms with van der Waals surface area (Å²) in [5, 5.41) is 9.02. The van der Waals surface area contributed by atoms with Crippen LogP contribution in [0.2, 0.25) is 0 Å². The van der Waals surface area contributed by atoms with E-state index >= 15 is 0 Å². The van der Waals surface area contributed by atoms with E-state index in [9.17, 15) is 4.79 Å². The van der Waals surface area contributed by atoms with Gasteiger partial charge in [0.1, 0.15) is 5.69 Å². The summed E-state index contributed by atoms with van der Waals surface area (Å²) in [7, 11) is 3.97. The van der Waals surface area contributed by atoms with Crippen LogP contribution in [0.15, 0.2) is 48.9 Å². The molecule has 0 saturated carbocycles. The molecular formula is C24H25N7O. The Morgan fingerprint density at radius 1 is 1.06 bits per heavy atom. The molecule has 0 amide bonds. The molecule has 0 bridgehead atoms. The fourth-order valence-corrected chi connectivity index (χ4v) is 4.18. The minimum Gasteiger partial charge on any atom is -0.306 e. The molecule has 0 spiro atoms. The SMILES string of the molecule is CN1CCC(c2cc(C(=O)Cc3cc4nc(-c5cn(C)nn5)ccc4cn3)ccn2)CC1.